The molecule has 58 heavy (non-hydrogen) atoms. The zero-order valence-corrected chi connectivity index (χ0v) is 32.5. The highest BCUT2D eigenvalue weighted by atomic mass is 32.1. The molecule has 2 saturated carbocycles. The summed E-state index contributed by atoms with van der Waals surface area (Å²) < 4.78 is 9.41. The molecule has 3 aliphatic carbocycles. The highest BCUT2D eigenvalue weighted by Crippen LogP contribution is 2.84. The van der Waals surface area contributed by atoms with Crippen LogP contribution in [0.25, 0.3) is 64.4 Å². The first-order chi connectivity index (χ1) is 28.7. The summed E-state index contributed by atoms with van der Waals surface area (Å²) in [6, 6.07) is 59.7. The Bertz CT molecular complexity index is 3210. The molecule has 4 heterocycles. The number of furan rings is 1. The molecule has 0 spiro atoms. The number of nitrogens with zero attached hydrogens (tertiary/aromatic N) is 1. The van der Waals surface area contributed by atoms with Crippen molar-refractivity contribution in [2.24, 2.45) is 22.7 Å². The van der Waals surface area contributed by atoms with E-state index in [1.807, 2.05) is 11.3 Å². The molecule has 14 rings (SSSR count). The second-order valence-corrected chi connectivity index (χ2v) is 17.7. The third-order valence-electron chi connectivity index (χ3n) is 13.6. The fourth-order valence-corrected chi connectivity index (χ4v) is 11.8. The average molecular weight is 763 g/mol. The average Bonchev–Trinajstić information content (AvgIpc) is 4.13. The topological polar surface area (TPSA) is 37.5 Å². The van der Waals surface area contributed by atoms with Crippen molar-refractivity contribution in [3.05, 3.63) is 204 Å². The molecule has 5 aliphatic rings. The van der Waals surface area contributed by atoms with Crippen LogP contribution in [0.3, 0.4) is 0 Å². The van der Waals surface area contributed by atoms with Gasteiger partial charge in [0.1, 0.15) is 17.0 Å². The van der Waals surface area contributed by atoms with Crippen molar-refractivity contribution in [3.8, 4) is 11.1 Å². The molecule has 3 nitrogen and oxygen atoms in total. The third kappa shape index (κ3) is 4.82. The van der Waals surface area contributed by atoms with Gasteiger partial charge in [-0.2, -0.15) is 0 Å². The van der Waals surface area contributed by atoms with E-state index >= 15 is 0 Å². The van der Waals surface area contributed by atoms with Gasteiger partial charge in [-0.15, -0.1) is 11.3 Å². The molecule has 2 aromatic heterocycles. The van der Waals surface area contributed by atoms with Crippen molar-refractivity contribution in [2.45, 2.75) is 24.4 Å². The standard InChI is InChI=1S/C54H38N2OS/c1-3-11-32(12-4-1)33-23-26-39(27-24-33)54-50-49(51(50)54)52(55-53(56-54)36-13-5-2-6-14-36)43-29-38(30-45-48(43)42-16-7-9-17-44(42)57-45)35-21-19-34(20-22-35)37-25-28-41-40-15-8-10-18-46(40)58-47(41)31-37/h1-19,21,23-31,49-52H,20,22H2,(H,55,56). The Balaban J connectivity index is 0.909. The van der Waals surface area contributed by atoms with Crippen molar-refractivity contribution in [1.29, 1.82) is 0 Å². The van der Waals surface area contributed by atoms with Crippen LogP contribution in [0.15, 0.2) is 185 Å². The molecular weight excluding hydrogens is 725 g/mol. The van der Waals surface area contributed by atoms with Crippen LogP contribution in [0.5, 0.6) is 0 Å². The van der Waals surface area contributed by atoms with E-state index in [1.165, 1.54) is 75.5 Å². The first-order valence-electron chi connectivity index (χ1n) is 20.6. The van der Waals surface area contributed by atoms with Gasteiger partial charge in [0.15, 0.2) is 0 Å². The van der Waals surface area contributed by atoms with Crippen LogP contribution < -0.4 is 5.32 Å². The Morgan fingerprint density at radius 3 is 1.95 bits per heavy atom. The number of thiophene rings is 1. The Kier molecular flexibility index (Phi) is 6.88. The van der Waals surface area contributed by atoms with E-state index in [1.54, 1.807) is 0 Å². The van der Waals surface area contributed by atoms with E-state index in [0.29, 0.717) is 17.8 Å². The zero-order valence-electron chi connectivity index (χ0n) is 31.7. The zero-order chi connectivity index (χ0) is 38.0. The molecule has 0 saturated heterocycles. The Labute approximate surface area is 340 Å². The Hall–Kier alpha value is -6.49. The smallest absolute Gasteiger partial charge is 0.136 e. The van der Waals surface area contributed by atoms with Crippen LogP contribution >= 0.6 is 11.3 Å². The highest BCUT2D eigenvalue weighted by Gasteiger charge is 2.87. The number of rotatable bonds is 6. The lowest BCUT2D eigenvalue weighted by molar-refractivity contribution is 0.360. The molecule has 7 aromatic carbocycles. The van der Waals surface area contributed by atoms with Gasteiger partial charge in [0, 0.05) is 36.5 Å². The van der Waals surface area contributed by atoms with Gasteiger partial charge in [-0.3, -0.25) is 4.99 Å². The summed E-state index contributed by atoms with van der Waals surface area (Å²) in [7, 11) is 0. The third-order valence-corrected chi connectivity index (χ3v) is 14.7. The largest absolute Gasteiger partial charge is 0.456 e. The van der Waals surface area contributed by atoms with Gasteiger partial charge in [0.25, 0.3) is 0 Å². The van der Waals surface area contributed by atoms with Gasteiger partial charge < -0.3 is 9.73 Å². The van der Waals surface area contributed by atoms with Gasteiger partial charge in [0.05, 0.1) is 11.6 Å². The second-order valence-electron chi connectivity index (χ2n) is 16.6. The Morgan fingerprint density at radius 2 is 1.17 bits per heavy atom. The van der Waals surface area contributed by atoms with Gasteiger partial charge in [0.2, 0.25) is 0 Å². The van der Waals surface area contributed by atoms with Crippen LogP contribution in [-0.4, -0.2) is 5.84 Å². The molecule has 2 bridgehead atoms. The summed E-state index contributed by atoms with van der Waals surface area (Å²) in [6.45, 7) is 0. The normalized spacial score (nSPS) is 23.2. The van der Waals surface area contributed by atoms with Crippen LogP contribution in [-0.2, 0) is 5.54 Å². The second kappa shape index (κ2) is 12.3. The van der Waals surface area contributed by atoms with E-state index in [-0.39, 0.29) is 11.6 Å². The maximum atomic E-state index is 6.70. The van der Waals surface area contributed by atoms with Crippen molar-refractivity contribution in [1.82, 2.24) is 5.32 Å². The minimum Gasteiger partial charge on any atom is -0.456 e. The number of hydrogen-bond donors (Lipinski definition) is 1. The van der Waals surface area contributed by atoms with Crippen LogP contribution in [0.2, 0.25) is 0 Å². The number of amidine groups is 1. The van der Waals surface area contributed by atoms with Gasteiger partial charge in [-0.25, -0.2) is 0 Å². The quantitative estimate of drug-likeness (QED) is 0.183. The molecule has 0 radical (unpaired) electrons. The van der Waals surface area contributed by atoms with E-state index < -0.39 is 0 Å². The van der Waals surface area contributed by atoms with E-state index in [0.717, 1.165) is 35.4 Å². The lowest BCUT2D eigenvalue weighted by atomic mass is 9.82. The monoisotopic (exact) mass is 762 g/mol. The predicted molar refractivity (Wildman–Crippen MR) is 241 cm³/mol. The maximum Gasteiger partial charge on any atom is 0.136 e. The summed E-state index contributed by atoms with van der Waals surface area (Å²) in [5.74, 6) is 2.46. The number of benzene rings is 7. The maximum absolute atomic E-state index is 6.70. The number of allylic oxidation sites excluding steroid dienone is 4. The molecular formula is C54H38N2OS. The molecule has 3 unspecified atom stereocenters. The fourth-order valence-electron chi connectivity index (χ4n) is 10.7. The molecule has 276 valence electrons. The lowest BCUT2D eigenvalue weighted by Gasteiger charge is -2.29. The minimum atomic E-state index is -0.107. The van der Waals surface area contributed by atoms with Crippen molar-refractivity contribution in [2.75, 3.05) is 0 Å². The van der Waals surface area contributed by atoms with E-state index in [4.69, 9.17) is 9.41 Å². The summed E-state index contributed by atoms with van der Waals surface area (Å²) in [5, 5.41) is 9.16. The predicted octanol–water partition coefficient (Wildman–Crippen LogP) is 13.7. The highest BCUT2D eigenvalue weighted by molar-refractivity contribution is 7.25. The fraction of sp³-hybridized carbons (Fsp3) is 0.130. The lowest BCUT2D eigenvalue weighted by Crippen LogP contribution is -2.41. The summed E-state index contributed by atoms with van der Waals surface area (Å²) in [5.41, 5.74) is 13.3. The van der Waals surface area contributed by atoms with Gasteiger partial charge in [-0.1, -0.05) is 146 Å². The summed E-state index contributed by atoms with van der Waals surface area (Å²) in [4.78, 5) is 5.74. The number of aliphatic imine (C=N–C) groups is 1. The molecule has 1 N–H and O–H groups in total. The first-order valence-corrected chi connectivity index (χ1v) is 21.4. The Morgan fingerprint density at radius 1 is 0.534 bits per heavy atom. The summed E-state index contributed by atoms with van der Waals surface area (Å²) in [6.07, 6.45) is 6.68. The number of nitrogens with one attached hydrogen (secondary N) is 1. The molecule has 4 heteroatoms. The van der Waals surface area contributed by atoms with Crippen molar-refractivity contribution >= 4 is 70.4 Å². The number of para-hydroxylation sites is 1. The van der Waals surface area contributed by atoms with Crippen LogP contribution in [0.1, 0.15) is 46.7 Å². The van der Waals surface area contributed by atoms with Gasteiger partial charge >= 0.3 is 0 Å². The van der Waals surface area contributed by atoms with Gasteiger partial charge in [-0.05, 0) is 105 Å². The van der Waals surface area contributed by atoms with Crippen molar-refractivity contribution < 1.29 is 4.42 Å². The van der Waals surface area contributed by atoms with E-state index in [2.05, 4.69) is 181 Å². The van der Waals surface area contributed by atoms with Crippen LogP contribution in [0, 0.1) is 17.8 Å². The first kappa shape index (κ1) is 32.6. The minimum absolute atomic E-state index is 0.00343. The molecule has 2 fully saturated rings. The SMILES string of the molecule is C1=C(c2cc(C3N=C(c4ccccc4)NC4(c5ccc(-c6ccccc6)cc5)C5C3C54)c3c(c2)oc2ccccc23)CCC(c2ccc3c(c2)sc2ccccc23)=C1. The summed E-state index contributed by atoms with van der Waals surface area (Å²) >= 11 is 1.89. The van der Waals surface area contributed by atoms with Crippen LogP contribution in [0.4, 0.5) is 0 Å². The number of hydrogen-bond acceptors (Lipinski definition) is 4. The van der Waals surface area contributed by atoms with E-state index in [9.17, 15) is 0 Å². The van der Waals surface area contributed by atoms with Crippen molar-refractivity contribution in [3.63, 3.8) is 0 Å². The molecule has 9 aromatic rings. The molecule has 2 aliphatic heterocycles. The molecule has 0 amide bonds. The number of fused-ring (bicyclic) bond motifs is 8. The molecule has 3 atom stereocenters.